The standard InChI is InChI=1S/C29H42N2O2/c1-3-5-7-9-11-12-14-16-18-28(32)33-27-23-30-29(31-24-27)26-21-19-25(20-22-26)17-15-13-10-8-6-4-2/h3,19-24H,1,4-18H2,2H3. The number of carbonyl (C=O) groups excluding carboxylic acids is 1. The van der Waals surface area contributed by atoms with Gasteiger partial charge in [-0.2, -0.15) is 0 Å². The predicted octanol–water partition coefficient (Wildman–Crippen LogP) is 8.26. The van der Waals surface area contributed by atoms with Crippen LogP contribution in [0, 0.1) is 0 Å². The molecule has 0 spiro atoms. The summed E-state index contributed by atoms with van der Waals surface area (Å²) >= 11 is 0. The van der Waals surface area contributed by atoms with E-state index < -0.39 is 0 Å². The number of esters is 1. The smallest absolute Gasteiger partial charge is 0.311 e. The molecule has 0 atom stereocenters. The van der Waals surface area contributed by atoms with E-state index in [2.05, 4.69) is 47.7 Å². The van der Waals surface area contributed by atoms with Gasteiger partial charge in [0, 0.05) is 12.0 Å². The topological polar surface area (TPSA) is 52.1 Å². The van der Waals surface area contributed by atoms with Crippen LogP contribution in [0.3, 0.4) is 0 Å². The fourth-order valence-electron chi connectivity index (χ4n) is 3.90. The molecule has 0 radical (unpaired) electrons. The summed E-state index contributed by atoms with van der Waals surface area (Å²) in [6, 6.07) is 8.48. The van der Waals surface area contributed by atoms with Crippen molar-refractivity contribution in [2.75, 3.05) is 0 Å². The normalized spacial score (nSPS) is 10.8. The maximum absolute atomic E-state index is 12.0. The van der Waals surface area contributed by atoms with Gasteiger partial charge >= 0.3 is 5.97 Å². The molecule has 1 heterocycles. The van der Waals surface area contributed by atoms with Crippen molar-refractivity contribution < 1.29 is 9.53 Å². The van der Waals surface area contributed by atoms with Gasteiger partial charge in [-0.25, -0.2) is 9.97 Å². The molecule has 1 aromatic carbocycles. The summed E-state index contributed by atoms with van der Waals surface area (Å²) in [5, 5.41) is 0. The molecule has 2 aromatic rings. The number of benzene rings is 1. The van der Waals surface area contributed by atoms with Crippen LogP contribution in [0.25, 0.3) is 11.4 Å². The molecule has 0 aliphatic carbocycles. The lowest BCUT2D eigenvalue weighted by Crippen LogP contribution is -2.08. The lowest BCUT2D eigenvalue weighted by atomic mass is 10.0. The summed E-state index contributed by atoms with van der Waals surface area (Å²) in [5.74, 6) is 0.849. The predicted molar refractivity (Wildman–Crippen MR) is 137 cm³/mol. The zero-order valence-electron chi connectivity index (χ0n) is 20.6. The molecular weight excluding hydrogens is 408 g/mol. The third kappa shape index (κ3) is 11.8. The quantitative estimate of drug-likeness (QED) is 0.130. The Morgan fingerprint density at radius 2 is 1.45 bits per heavy atom. The molecule has 180 valence electrons. The molecule has 0 N–H and O–H groups in total. The summed E-state index contributed by atoms with van der Waals surface area (Å²) in [6.45, 7) is 5.99. The van der Waals surface area contributed by atoms with Gasteiger partial charge in [0.15, 0.2) is 11.6 Å². The van der Waals surface area contributed by atoms with Crippen LogP contribution in [-0.4, -0.2) is 15.9 Å². The van der Waals surface area contributed by atoms with Crippen molar-refractivity contribution >= 4 is 5.97 Å². The summed E-state index contributed by atoms with van der Waals surface area (Å²) in [4.78, 5) is 20.8. The first kappa shape index (κ1) is 26.8. The number of allylic oxidation sites excluding steroid dienone is 1. The molecule has 0 saturated carbocycles. The van der Waals surface area contributed by atoms with E-state index in [4.69, 9.17) is 4.74 Å². The second-order valence-electron chi connectivity index (χ2n) is 8.88. The Kier molecular flexibility index (Phi) is 13.8. The molecule has 4 nitrogen and oxygen atoms in total. The Morgan fingerprint density at radius 3 is 2.12 bits per heavy atom. The van der Waals surface area contributed by atoms with E-state index in [0.29, 0.717) is 18.0 Å². The van der Waals surface area contributed by atoms with Crippen molar-refractivity contribution in [1.82, 2.24) is 9.97 Å². The van der Waals surface area contributed by atoms with Crippen molar-refractivity contribution in [3.63, 3.8) is 0 Å². The van der Waals surface area contributed by atoms with E-state index in [1.54, 1.807) is 12.4 Å². The number of rotatable bonds is 18. The van der Waals surface area contributed by atoms with Crippen LogP contribution in [0.1, 0.15) is 102 Å². The van der Waals surface area contributed by atoms with Crippen LogP contribution in [0.15, 0.2) is 49.3 Å². The fraction of sp³-hybridized carbons (Fsp3) is 0.552. The summed E-state index contributed by atoms with van der Waals surface area (Å²) in [7, 11) is 0. The van der Waals surface area contributed by atoms with E-state index in [-0.39, 0.29) is 5.97 Å². The van der Waals surface area contributed by atoms with Crippen LogP contribution in [0.4, 0.5) is 0 Å². The third-order valence-corrected chi connectivity index (χ3v) is 5.93. The van der Waals surface area contributed by atoms with Gasteiger partial charge in [0.1, 0.15) is 0 Å². The molecule has 4 heteroatoms. The van der Waals surface area contributed by atoms with Gasteiger partial charge in [0.2, 0.25) is 0 Å². The van der Waals surface area contributed by atoms with E-state index in [9.17, 15) is 4.79 Å². The molecule has 0 fully saturated rings. The summed E-state index contributed by atoms with van der Waals surface area (Å²) in [5.41, 5.74) is 2.34. The van der Waals surface area contributed by atoms with E-state index in [1.807, 2.05) is 6.08 Å². The highest BCUT2D eigenvalue weighted by Crippen LogP contribution is 2.19. The Hall–Kier alpha value is -2.49. The van der Waals surface area contributed by atoms with Crippen molar-refractivity contribution in [1.29, 1.82) is 0 Å². The molecule has 2 rings (SSSR count). The van der Waals surface area contributed by atoms with Crippen molar-refractivity contribution in [2.45, 2.75) is 103 Å². The van der Waals surface area contributed by atoms with Crippen LogP contribution in [-0.2, 0) is 11.2 Å². The van der Waals surface area contributed by atoms with Gasteiger partial charge in [-0.05, 0) is 37.7 Å². The summed E-state index contributed by atoms with van der Waals surface area (Å²) in [6.07, 6.45) is 22.5. The van der Waals surface area contributed by atoms with Crippen LogP contribution in [0.5, 0.6) is 5.75 Å². The summed E-state index contributed by atoms with van der Waals surface area (Å²) < 4.78 is 5.39. The van der Waals surface area contributed by atoms with Crippen molar-refractivity contribution in [3.8, 4) is 17.1 Å². The SMILES string of the molecule is C=CCCCCCCCCC(=O)Oc1cnc(-c2ccc(CCCCCCCC)cc2)nc1. The molecule has 0 bridgehead atoms. The zero-order chi connectivity index (χ0) is 23.6. The lowest BCUT2D eigenvalue weighted by molar-refractivity contribution is -0.134. The number of hydrogen-bond donors (Lipinski definition) is 0. The fourth-order valence-corrected chi connectivity index (χ4v) is 3.90. The molecule has 0 aliphatic rings. The van der Waals surface area contributed by atoms with E-state index >= 15 is 0 Å². The largest absolute Gasteiger partial charge is 0.423 e. The molecule has 33 heavy (non-hydrogen) atoms. The first-order valence-corrected chi connectivity index (χ1v) is 13.0. The van der Waals surface area contributed by atoms with Gasteiger partial charge < -0.3 is 4.74 Å². The van der Waals surface area contributed by atoms with Gasteiger partial charge in [0.05, 0.1) is 12.4 Å². The minimum Gasteiger partial charge on any atom is -0.423 e. The Bertz CT molecular complexity index is 784. The van der Waals surface area contributed by atoms with Crippen LogP contribution >= 0.6 is 0 Å². The first-order valence-electron chi connectivity index (χ1n) is 13.0. The first-order chi connectivity index (χ1) is 16.2. The number of unbranched alkanes of at least 4 members (excludes halogenated alkanes) is 11. The molecule has 0 aliphatic heterocycles. The number of aryl methyl sites for hydroxylation is 1. The van der Waals surface area contributed by atoms with Gasteiger partial charge in [-0.1, -0.05) is 95.1 Å². The second kappa shape index (κ2) is 17.0. The van der Waals surface area contributed by atoms with E-state index in [0.717, 1.165) is 31.2 Å². The highest BCUT2D eigenvalue weighted by atomic mass is 16.5. The average molecular weight is 451 g/mol. The minimum absolute atomic E-state index is 0.211. The lowest BCUT2D eigenvalue weighted by Gasteiger charge is -2.06. The number of ether oxygens (including phenoxy) is 1. The Morgan fingerprint density at radius 1 is 0.848 bits per heavy atom. The van der Waals surface area contributed by atoms with E-state index in [1.165, 1.54) is 69.8 Å². The second-order valence-corrected chi connectivity index (χ2v) is 8.88. The van der Waals surface area contributed by atoms with Crippen LogP contribution < -0.4 is 4.74 Å². The average Bonchev–Trinajstić information content (AvgIpc) is 2.84. The highest BCUT2D eigenvalue weighted by molar-refractivity contribution is 5.72. The monoisotopic (exact) mass is 450 g/mol. The molecule has 0 amide bonds. The van der Waals surface area contributed by atoms with Gasteiger partial charge in [-0.15, -0.1) is 6.58 Å². The minimum atomic E-state index is -0.211. The van der Waals surface area contributed by atoms with Gasteiger partial charge in [-0.3, -0.25) is 4.79 Å². The zero-order valence-corrected chi connectivity index (χ0v) is 20.6. The number of nitrogens with zero attached hydrogens (tertiary/aromatic N) is 2. The number of aromatic nitrogens is 2. The van der Waals surface area contributed by atoms with Crippen molar-refractivity contribution in [2.24, 2.45) is 0 Å². The molecule has 0 saturated heterocycles. The molecule has 1 aromatic heterocycles. The maximum atomic E-state index is 12.0. The number of hydrogen-bond acceptors (Lipinski definition) is 4. The Balaban J connectivity index is 1.66. The number of carbonyl (C=O) groups is 1. The maximum Gasteiger partial charge on any atom is 0.311 e. The van der Waals surface area contributed by atoms with Crippen LogP contribution in [0.2, 0.25) is 0 Å². The Labute approximate surface area is 200 Å². The highest BCUT2D eigenvalue weighted by Gasteiger charge is 2.07. The molecular formula is C29H42N2O2. The van der Waals surface area contributed by atoms with Crippen molar-refractivity contribution in [3.05, 3.63) is 54.9 Å². The molecule has 0 unspecified atom stereocenters. The van der Waals surface area contributed by atoms with Gasteiger partial charge in [0.25, 0.3) is 0 Å². The third-order valence-electron chi connectivity index (χ3n) is 5.93.